The van der Waals surface area contributed by atoms with Crippen LogP contribution in [-0.4, -0.2) is 31.0 Å². The van der Waals surface area contributed by atoms with Crippen LogP contribution in [0.25, 0.3) is 0 Å². The third-order valence-electron chi connectivity index (χ3n) is 2.58. The number of aryl methyl sites for hydroxylation is 1. The Balaban J connectivity index is 0.00000120. The molecule has 2 nitrogen and oxygen atoms in total. The van der Waals surface area contributed by atoms with E-state index in [2.05, 4.69) is 5.32 Å². The third kappa shape index (κ3) is 1.58. The first-order chi connectivity index (χ1) is 7.96. The fourth-order valence-corrected chi connectivity index (χ4v) is 2.85. The van der Waals surface area contributed by atoms with Crippen molar-refractivity contribution in [1.82, 2.24) is 10.2 Å². The van der Waals surface area contributed by atoms with E-state index in [0.29, 0.717) is 25.2 Å². The lowest BCUT2D eigenvalue weighted by Crippen LogP contribution is -2.48. The molecule has 1 aromatic heterocycles. The maximum Gasteiger partial charge on any atom is 0.0569 e. The van der Waals surface area contributed by atoms with Gasteiger partial charge in [0.1, 0.15) is 0 Å². The minimum Gasteiger partial charge on any atom is -0.314 e. The van der Waals surface area contributed by atoms with Crippen LogP contribution in [0.2, 0.25) is 0 Å². The highest BCUT2D eigenvalue weighted by molar-refractivity contribution is 7.10. The highest BCUT2D eigenvalue weighted by Gasteiger charge is 2.29. The molecule has 0 saturated carbocycles. The second-order valence-electron chi connectivity index (χ2n) is 3.35. The summed E-state index contributed by atoms with van der Waals surface area (Å²) in [6.07, 6.45) is -1.93. The number of nitrogens with one attached hydrogen (secondary N) is 1. The number of fused-ring (bicyclic) bond motifs is 3. The van der Waals surface area contributed by atoms with E-state index in [1.54, 1.807) is 11.0 Å². The zero-order chi connectivity index (χ0) is 12.3. The highest BCUT2D eigenvalue weighted by Crippen LogP contribution is 2.34. The lowest BCUT2D eigenvalue weighted by molar-refractivity contribution is 0.155. The van der Waals surface area contributed by atoms with Crippen LogP contribution < -0.4 is 5.32 Å². The number of nitrogens with zero attached hydrogens (tertiary/aromatic N) is 1. The lowest BCUT2D eigenvalue weighted by atomic mass is 10.0. The molecule has 1 fully saturated rings. The van der Waals surface area contributed by atoms with E-state index in [-0.39, 0.29) is 18.4 Å². The van der Waals surface area contributed by atoms with E-state index in [4.69, 9.17) is 5.48 Å². The van der Waals surface area contributed by atoms with Gasteiger partial charge in [-0.25, -0.2) is 0 Å². The van der Waals surface area contributed by atoms with Crippen molar-refractivity contribution in [3.05, 3.63) is 21.9 Å². The molecule has 0 bridgehead atoms. The molecule has 78 valence electrons. The topological polar surface area (TPSA) is 15.3 Å². The van der Waals surface area contributed by atoms with Crippen molar-refractivity contribution < 1.29 is 5.48 Å². The summed E-state index contributed by atoms with van der Waals surface area (Å²) in [5.41, 5.74) is 0.525. The molecular formula is C10H15ClN2S. The second-order valence-corrected chi connectivity index (χ2v) is 4.30. The molecule has 1 saturated heterocycles. The van der Waals surface area contributed by atoms with E-state index in [1.807, 2.05) is 5.38 Å². The maximum atomic E-state index is 8.12. The molecule has 2 aliphatic heterocycles. The molecule has 4 heteroatoms. The number of piperazine rings is 1. The number of rotatable bonds is 0. The van der Waals surface area contributed by atoms with Gasteiger partial charge in [0.2, 0.25) is 0 Å². The first-order valence-electron chi connectivity index (χ1n) is 6.51. The summed E-state index contributed by atoms with van der Waals surface area (Å²) in [6, 6.07) is 1.70. The second kappa shape index (κ2) is 4.19. The van der Waals surface area contributed by atoms with Crippen LogP contribution in [0, 0.1) is 0 Å². The molecule has 1 atom stereocenters. The Morgan fingerprint density at radius 2 is 2.57 bits per heavy atom. The largest absolute Gasteiger partial charge is 0.314 e. The first kappa shape index (κ1) is 6.48. The van der Waals surface area contributed by atoms with Crippen LogP contribution in [-0.2, 0) is 6.37 Å². The van der Waals surface area contributed by atoms with Gasteiger partial charge in [-0.1, -0.05) is 0 Å². The van der Waals surface area contributed by atoms with Crippen LogP contribution in [0.3, 0.4) is 0 Å². The highest BCUT2D eigenvalue weighted by atomic mass is 35.5. The van der Waals surface area contributed by atoms with Gasteiger partial charge in [-0.2, -0.15) is 0 Å². The Morgan fingerprint density at radius 3 is 3.50 bits per heavy atom. The summed E-state index contributed by atoms with van der Waals surface area (Å²) >= 11 is 1.53. The van der Waals surface area contributed by atoms with Gasteiger partial charge in [-0.05, 0) is 23.4 Å². The van der Waals surface area contributed by atoms with Crippen molar-refractivity contribution in [2.45, 2.75) is 12.4 Å². The van der Waals surface area contributed by atoms with Gasteiger partial charge >= 0.3 is 0 Å². The molecule has 0 radical (unpaired) electrons. The van der Waals surface area contributed by atoms with E-state index >= 15 is 0 Å². The number of hydrogen-bond acceptors (Lipinski definition) is 3. The van der Waals surface area contributed by atoms with Gasteiger partial charge in [0, 0.05) is 36.5 Å². The zero-order valence-electron chi connectivity index (χ0n) is 11.6. The summed E-state index contributed by atoms with van der Waals surface area (Å²) in [6.45, 7) is 0.0261. The van der Waals surface area contributed by atoms with E-state index < -0.39 is 12.9 Å². The van der Waals surface area contributed by atoms with Gasteiger partial charge in [0.25, 0.3) is 0 Å². The van der Waals surface area contributed by atoms with Crippen molar-refractivity contribution in [2.75, 3.05) is 26.1 Å². The molecule has 3 heterocycles. The van der Waals surface area contributed by atoms with Crippen molar-refractivity contribution in [2.24, 2.45) is 0 Å². The SMILES string of the molecule is Cl.[2H]C1([2H])c2ccsc2C2CNCCN2C1([2H])[2H]. The van der Waals surface area contributed by atoms with Gasteiger partial charge in [-0.15, -0.1) is 23.7 Å². The van der Waals surface area contributed by atoms with Crippen molar-refractivity contribution in [3.8, 4) is 0 Å². The fraction of sp³-hybridized carbons (Fsp3) is 0.600. The molecule has 1 N–H and O–H groups in total. The Hall–Kier alpha value is -0.0900. The molecular weight excluding hydrogens is 216 g/mol. The number of halogens is 1. The van der Waals surface area contributed by atoms with Crippen molar-refractivity contribution >= 4 is 23.7 Å². The van der Waals surface area contributed by atoms with Crippen LogP contribution in [0.5, 0.6) is 0 Å². The van der Waals surface area contributed by atoms with E-state index in [9.17, 15) is 0 Å². The Bertz CT molecular complexity index is 451. The quantitative estimate of drug-likeness (QED) is 0.735. The average Bonchev–Trinajstić information content (AvgIpc) is 2.77. The summed E-state index contributed by atoms with van der Waals surface area (Å²) in [7, 11) is 0. The van der Waals surface area contributed by atoms with Crippen molar-refractivity contribution in [3.63, 3.8) is 0 Å². The van der Waals surface area contributed by atoms with Crippen LogP contribution >= 0.6 is 23.7 Å². The summed E-state index contributed by atoms with van der Waals surface area (Å²) < 4.78 is 32.4. The minimum atomic E-state index is -1.94. The normalized spacial score (nSPS) is 37.6. The molecule has 0 aromatic carbocycles. The third-order valence-corrected chi connectivity index (χ3v) is 3.59. The first-order valence-corrected chi connectivity index (χ1v) is 5.39. The van der Waals surface area contributed by atoms with Crippen LogP contribution in [0.1, 0.15) is 22.0 Å². The van der Waals surface area contributed by atoms with E-state index in [0.717, 1.165) is 4.88 Å². The average molecular weight is 235 g/mol. The summed E-state index contributed by atoms with van der Waals surface area (Å²) in [5, 5.41) is 5.11. The molecule has 0 aliphatic carbocycles. The maximum absolute atomic E-state index is 8.12. The van der Waals surface area contributed by atoms with Gasteiger partial charge in [0.15, 0.2) is 0 Å². The zero-order valence-corrected chi connectivity index (χ0v) is 9.25. The minimum absolute atomic E-state index is 0. The molecule has 0 spiro atoms. The van der Waals surface area contributed by atoms with Gasteiger partial charge in [-0.3, -0.25) is 4.90 Å². The summed E-state index contributed by atoms with van der Waals surface area (Å²) in [5.74, 6) is 0. The molecule has 14 heavy (non-hydrogen) atoms. The molecule has 2 aliphatic rings. The monoisotopic (exact) mass is 234 g/mol. The Morgan fingerprint density at radius 1 is 1.64 bits per heavy atom. The van der Waals surface area contributed by atoms with Gasteiger partial charge < -0.3 is 5.32 Å². The van der Waals surface area contributed by atoms with Crippen molar-refractivity contribution in [1.29, 1.82) is 0 Å². The molecule has 0 amide bonds. The molecule has 3 rings (SSSR count). The Labute approximate surface area is 100 Å². The predicted molar refractivity (Wildman–Crippen MR) is 62.5 cm³/mol. The van der Waals surface area contributed by atoms with Gasteiger partial charge in [0.05, 0.1) is 6.04 Å². The molecule has 1 aromatic rings. The number of hydrogen-bond donors (Lipinski definition) is 1. The standard InChI is InChI=1S/C10H14N2S.ClH/c1-4-12-5-3-11-7-9(12)10-8(1)2-6-13-10;/h2,6,9,11H,1,3-5,7H2;1H/i1D2,4D2;. The lowest BCUT2D eigenvalue weighted by Gasteiger charge is -2.39. The van der Waals surface area contributed by atoms with Crippen LogP contribution in [0.15, 0.2) is 11.4 Å². The van der Waals surface area contributed by atoms with E-state index in [1.165, 1.54) is 11.3 Å². The van der Waals surface area contributed by atoms with Crippen LogP contribution in [0.4, 0.5) is 0 Å². The Kier molecular flexibility index (Phi) is 1.94. The molecule has 1 unspecified atom stereocenters. The fourth-order valence-electron chi connectivity index (χ4n) is 1.89. The summed E-state index contributed by atoms with van der Waals surface area (Å²) in [4.78, 5) is 2.64. The predicted octanol–water partition coefficient (Wildman–Crippen LogP) is 1.67. The number of thiophene rings is 1. The smallest absolute Gasteiger partial charge is 0.0569 e.